The SMILES string of the molecule is CC1CSCCN1CCC(=O)Nc1ccccc1C(N)=S. The first-order valence-electron chi connectivity index (χ1n) is 7.08. The third-order valence-electron chi connectivity index (χ3n) is 3.60. The van der Waals surface area contributed by atoms with Crippen molar-refractivity contribution in [2.45, 2.75) is 19.4 Å². The second kappa shape index (κ2) is 7.77. The van der Waals surface area contributed by atoms with Crippen LogP contribution in [0.4, 0.5) is 5.69 Å². The van der Waals surface area contributed by atoms with Gasteiger partial charge in [0.1, 0.15) is 4.99 Å². The zero-order valence-corrected chi connectivity index (χ0v) is 13.8. The molecule has 0 bridgehead atoms. The number of hydrogen-bond acceptors (Lipinski definition) is 4. The van der Waals surface area contributed by atoms with E-state index in [0.29, 0.717) is 28.7 Å². The number of rotatable bonds is 5. The number of carbonyl (C=O) groups is 1. The van der Waals surface area contributed by atoms with Crippen LogP contribution in [0.5, 0.6) is 0 Å². The van der Waals surface area contributed by atoms with Gasteiger partial charge in [-0.25, -0.2) is 0 Å². The molecule has 1 aromatic rings. The van der Waals surface area contributed by atoms with Crippen LogP contribution in [0.15, 0.2) is 24.3 Å². The largest absolute Gasteiger partial charge is 0.389 e. The molecule has 0 radical (unpaired) electrons. The van der Waals surface area contributed by atoms with E-state index in [9.17, 15) is 4.79 Å². The smallest absolute Gasteiger partial charge is 0.225 e. The van der Waals surface area contributed by atoms with Crippen molar-refractivity contribution in [1.29, 1.82) is 0 Å². The van der Waals surface area contributed by atoms with E-state index in [2.05, 4.69) is 17.1 Å². The van der Waals surface area contributed by atoms with E-state index in [1.807, 2.05) is 36.0 Å². The Hall–Kier alpha value is -1.11. The van der Waals surface area contributed by atoms with Crippen molar-refractivity contribution in [3.63, 3.8) is 0 Å². The van der Waals surface area contributed by atoms with Gasteiger partial charge in [0.25, 0.3) is 0 Å². The monoisotopic (exact) mass is 323 g/mol. The zero-order chi connectivity index (χ0) is 15.2. The Kier molecular flexibility index (Phi) is 6.02. The molecule has 1 aliphatic rings. The predicted molar refractivity (Wildman–Crippen MR) is 93.9 cm³/mol. The summed E-state index contributed by atoms with van der Waals surface area (Å²) in [5.41, 5.74) is 7.07. The van der Waals surface area contributed by atoms with Crippen LogP contribution >= 0.6 is 24.0 Å². The maximum absolute atomic E-state index is 12.1. The molecule has 0 saturated carbocycles. The fourth-order valence-electron chi connectivity index (χ4n) is 2.36. The molecule has 1 saturated heterocycles. The molecule has 6 heteroatoms. The lowest BCUT2D eigenvalue weighted by Gasteiger charge is -2.32. The van der Waals surface area contributed by atoms with Crippen molar-refractivity contribution in [2.24, 2.45) is 5.73 Å². The van der Waals surface area contributed by atoms with Gasteiger partial charge in [-0.2, -0.15) is 11.8 Å². The van der Waals surface area contributed by atoms with Crippen molar-refractivity contribution in [2.75, 3.05) is 29.9 Å². The molecular formula is C15H21N3OS2. The molecule has 1 aliphatic heterocycles. The molecule has 4 nitrogen and oxygen atoms in total. The Balaban J connectivity index is 1.89. The van der Waals surface area contributed by atoms with Gasteiger partial charge < -0.3 is 11.1 Å². The summed E-state index contributed by atoms with van der Waals surface area (Å²) in [7, 11) is 0. The van der Waals surface area contributed by atoms with E-state index < -0.39 is 0 Å². The van der Waals surface area contributed by atoms with Gasteiger partial charge in [-0.3, -0.25) is 9.69 Å². The number of thiocarbonyl (C=S) groups is 1. The Morgan fingerprint density at radius 2 is 2.29 bits per heavy atom. The van der Waals surface area contributed by atoms with Crippen molar-refractivity contribution in [3.05, 3.63) is 29.8 Å². The Labute approximate surface area is 135 Å². The normalized spacial score (nSPS) is 19.2. The highest BCUT2D eigenvalue weighted by atomic mass is 32.2. The number of nitrogens with one attached hydrogen (secondary N) is 1. The minimum Gasteiger partial charge on any atom is -0.389 e. The van der Waals surface area contributed by atoms with Gasteiger partial charge in [-0.1, -0.05) is 24.4 Å². The third kappa shape index (κ3) is 4.69. The van der Waals surface area contributed by atoms with Crippen molar-refractivity contribution in [3.8, 4) is 0 Å². The molecule has 21 heavy (non-hydrogen) atoms. The van der Waals surface area contributed by atoms with Crippen LogP contribution in [-0.4, -0.2) is 46.4 Å². The summed E-state index contributed by atoms with van der Waals surface area (Å²) in [6.07, 6.45) is 0.487. The summed E-state index contributed by atoms with van der Waals surface area (Å²) in [6.45, 7) is 4.07. The number of thioether (sulfide) groups is 1. The van der Waals surface area contributed by atoms with Gasteiger partial charge >= 0.3 is 0 Å². The quantitative estimate of drug-likeness (QED) is 0.813. The highest BCUT2D eigenvalue weighted by molar-refractivity contribution is 7.99. The van der Waals surface area contributed by atoms with Gasteiger partial charge in [0.2, 0.25) is 5.91 Å². The summed E-state index contributed by atoms with van der Waals surface area (Å²) >= 11 is 6.98. The second-order valence-electron chi connectivity index (χ2n) is 5.17. The van der Waals surface area contributed by atoms with Gasteiger partial charge in [0.15, 0.2) is 0 Å². The number of amides is 1. The predicted octanol–water partition coefficient (Wildman–Crippen LogP) is 2.09. The van der Waals surface area contributed by atoms with Crippen LogP contribution in [0.1, 0.15) is 18.9 Å². The molecule has 1 heterocycles. The molecule has 0 aliphatic carbocycles. The lowest BCUT2D eigenvalue weighted by molar-refractivity contribution is -0.116. The third-order valence-corrected chi connectivity index (χ3v) is 5.01. The van der Waals surface area contributed by atoms with Crippen LogP contribution in [0.25, 0.3) is 0 Å². The van der Waals surface area contributed by atoms with Crippen molar-refractivity contribution in [1.82, 2.24) is 4.90 Å². The van der Waals surface area contributed by atoms with E-state index in [-0.39, 0.29) is 5.91 Å². The molecule has 0 aromatic heterocycles. The first-order valence-corrected chi connectivity index (χ1v) is 8.64. The molecular weight excluding hydrogens is 302 g/mol. The van der Waals surface area contributed by atoms with Gasteiger partial charge in [0, 0.05) is 42.6 Å². The molecule has 0 spiro atoms. The number of benzene rings is 1. The molecule has 1 atom stereocenters. The molecule has 1 aromatic carbocycles. The van der Waals surface area contributed by atoms with E-state index >= 15 is 0 Å². The number of para-hydroxylation sites is 1. The van der Waals surface area contributed by atoms with Crippen LogP contribution in [0.2, 0.25) is 0 Å². The second-order valence-corrected chi connectivity index (χ2v) is 6.76. The average Bonchev–Trinajstić information content (AvgIpc) is 2.47. The van der Waals surface area contributed by atoms with E-state index in [0.717, 1.165) is 24.6 Å². The summed E-state index contributed by atoms with van der Waals surface area (Å²) in [6, 6.07) is 7.91. The summed E-state index contributed by atoms with van der Waals surface area (Å²) in [5, 5.41) is 2.91. The lowest BCUT2D eigenvalue weighted by atomic mass is 10.1. The molecule has 1 fully saturated rings. The maximum atomic E-state index is 12.1. The number of hydrogen-bond donors (Lipinski definition) is 2. The highest BCUT2D eigenvalue weighted by Gasteiger charge is 2.19. The number of nitrogens with zero attached hydrogens (tertiary/aromatic N) is 1. The van der Waals surface area contributed by atoms with E-state index in [1.165, 1.54) is 0 Å². The minimum atomic E-state index is 0.00382. The Morgan fingerprint density at radius 3 is 3.00 bits per heavy atom. The first kappa shape index (κ1) is 16.3. The maximum Gasteiger partial charge on any atom is 0.225 e. The standard InChI is InChI=1S/C15H21N3OS2/c1-11-10-21-9-8-18(11)7-6-14(19)17-13-5-3-2-4-12(13)15(16)20/h2-5,11H,6-10H2,1H3,(H2,16,20)(H,17,19). The van der Waals surface area contributed by atoms with Gasteiger partial charge in [-0.05, 0) is 19.1 Å². The van der Waals surface area contributed by atoms with Crippen LogP contribution in [-0.2, 0) is 4.79 Å². The molecule has 1 amide bonds. The van der Waals surface area contributed by atoms with E-state index in [4.69, 9.17) is 18.0 Å². The summed E-state index contributed by atoms with van der Waals surface area (Å²) < 4.78 is 0. The Morgan fingerprint density at radius 1 is 1.52 bits per heavy atom. The van der Waals surface area contributed by atoms with Gasteiger partial charge in [-0.15, -0.1) is 0 Å². The number of nitrogens with two attached hydrogens (primary N) is 1. The molecule has 1 unspecified atom stereocenters. The zero-order valence-electron chi connectivity index (χ0n) is 12.2. The average molecular weight is 323 g/mol. The van der Waals surface area contributed by atoms with Crippen molar-refractivity contribution >= 4 is 40.6 Å². The van der Waals surface area contributed by atoms with Crippen LogP contribution < -0.4 is 11.1 Å². The Bertz CT molecular complexity index is 521. The summed E-state index contributed by atoms with van der Waals surface area (Å²) in [5.74, 6) is 2.30. The molecule has 114 valence electrons. The summed E-state index contributed by atoms with van der Waals surface area (Å²) in [4.78, 5) is 14.8. The van der Waals surface area contributed by atoms with Crippen molar-refractivity contribution < 1.29 is 4.79 Å². The topological polar surface area (TPSA) is 58.4 Å². The number of anilines is 1. The minimum absolute atomic E-state index is 0.00382. The fourth-order valence-corrected chi connectivity index (χ4v) is 3.62. The molecule has 2 rings (SSSR count). The molecule has 3 N–H and O–H groups in total. The van der Waals surface area contributed by atoms with Crippen LogP contribution in [0.3, 0.4) is 0 Å². The number of carbonyl (C=O) groups excluding carboxylic acids is 1. The first-order chi connectivity index (χ1) is 10.1. The highest BCUT2D eigenvalue weighted by Crippen LogP contribution is 2.17. The van der Waals surface area contributed by atoms with E-state index in [1.54, 1.807) is 0 Å². The van der Waals surface area contributed by atoms with Gasteiger partial charge in [0.05, 0.1) is 5.69 Å². The lowest BCUT2D eigenvalue weighted by Crippen LogP contribution is -2.41. The van der Waals surface area contributed by atoms with Crippen LogP contribution in [0, 0.1) is 0 Å². The fraction of sp³-hybridized carbons (Fsp3) is 0.467.